The molecule has 0 unspecified atom stereocenters. The molecule has 0 saturated carbocycles. The Morgan fingerprint density at radius 1 is 1.44 bits per heavy atom. The van der Waals surface area contributed by atoms with Crippen molar-refractivity contribution in [2.75, 3.05) is 13.6 Å². The summed E-state index contributed by atoms with van der Waals surface area (Å²) in [7, 11) is 1.61. The van der Waals surface area contributed by atoms with E-state index in [4.69, 9.17) is 5.11 Å². The Hall–Kier alpha value is -1.85. The van der Waals surface area contributed by atoms with Crippen LogP contribution in [-0.4, -0.2) is 45.3 Å². The Kier molecular flexibility index (Phi) is 4.50. The molecule has 0 aliphatic carbocycles. The maximum Gasteiger partial charge on any atom is 0.305 e. The van der Waals surface area contributed by atoms with Gasteiger partial charge in [0, 0.05) is 39.0 Å². The number of hydrogen-bond acceptors (Lipinski definition) is 3. The van der Waals surface area contributed by atoms with Gasteiger partial charge in [0.2, 0.25) is 5.91 Å². The van der Waals surface area contributed by atoms with Gasteiger partial charge in [-0.15, -0.1) is 0 Å². The molecule has 88 valence electrons. The summed E-state index contributed by atoms with van der Waals surface area (Å²) < 4.78 is 1.67. The SMILES string of the molecule is CN(CCC(=O)O)C(=O)CCn1cccn1. The van der Waals surface area contributed by atoms with Crippen molar-refractivity contribution >= 4 is 11.9 Å². The van der Waals surface area contributed by atoms with Crippen LogP contribution in [0.25, 0.3) is 0 Å². The molecule has 6 heteroatoms. The monoisotopic (exact) mass is 225 g/mol. The van der Waals surface area contributed by atoms with Crippen LogP contribution in [0.5, 0.6) is 0 Å². The van der Waals surface area contributed by atoms with Crippen molar-refractivity contribution in [3.8, 4) is 0 Å². The molecule has 16 heavy (non-hydrogen) atoms. The highest BCUT2D eigenvalue weighted by atomic mass is 16.4. The van der Waals surface area contributed by atoms with Gasteiger partial charge in [-0.3, -0.25) is 14.3 Å². The number of carboxylic acid groups (broad SMARTS) is 1. The minimum atomic E-state index is -0.897. The third-order valence-corrected chi connectivity index (χ3v) is 2.20. The average molecular weight is 225 g/mol. The largest absolute Gasteiger partial charge is 0.481 e. The van der Waals surface area contributed by atoms with Crippen molar-refractivity contribution in [1.29, 1.82) is 0 Å². The van der Waals surface area contributed by atoms with Crippen LogP contribution in [0.3, 0.4) is 0 Å². The van der Waals surface area contributed by atoms with Crippen LogP contribution < -0.4 is 0 Å². The topological polar surface area (TPSA) is 75.4 Å². The highest BCUT2D eigenvalue weighted by Crippen LogP contribution is 1.96. The maximum atomic E-state index is 11.5. The average Bonchev–Trinajstić information content (AvgIpc) is 2.75. The quantitative estimate of drug-likeness (QED) is 0.750. The lowest BCUT2D eigenvalue weighted by molar-refractivity contribution is -0.138. The zero-order valence-corrected chi connectivity index (χ0v) is 9.17. The van der Waals surface area contributed by atoms with E-state index in [0.29, 0.717) is 13.0 Å². The molecule has 6 nitrogen and oxygen atoms in total. The van der Waals surface area contributed by atoms with Crippen LogP contribution in [0, 0.1) is 0 Å². The molecule has 0 atom stereocenters. The zero-order valence-electron chi connectivity index (χ0n) is 9.17. The molecule has 1 aromatic rings. The van der Waals surface area contributed by atoms with E-state index in [0.717, 1.165) is 0 Å². The molecule has 1 rings (SSSR count). The number of hydrogen-bond donors (Lipinski definition) is 1. The van der Waals surface area contributed by atoms with Crippen LogP contribution >= 0.6 is 0 Å². The van der Waals surface area contributed by atoms with Crippen molar-refractivity contribution in [3.05, 3.63) is 18.5 Å². The maximum absolute atomic E-state index is 11.5. The Labute approximate surface area is 93.5 Å². The predicted molar refractivity (Wildman–Crippen MR) is 56.7 cm³/mol. The molecular formula is C10H15N3O3. The summed E-state index contributed by atoms with van der Waals surface area (Å²) in [5.74, 6) is -0.969. The fraction of sp³-hybridized carbons (Fsp3) is 0.500. The molecule has 1 heterocycles. The zero-order chi connectivity index (χ0) is 12.0. The summed E-state index contributed by atoms with van der Waals surface area (Å²) in [6, 6.07) is 1.79. The highest BCUT2D eigenvalue weighted by molar-refractivity contribution is 5.76. The van der Waals surface area contributed by atoms with Gasteiger partial charge in [-0.2, -0.15) is 5.10 Å². The Morgan fingerprint density at radius 2 is 2.19 bits per heavy atom. The number of nitrogens with zero attached hydrogens (tertiary/aromatic N) is 3. The van der Waals surface area contributed by atoms with Crippen LogP contribution in [0.15, 0.2) is 18.5 Å². The second-order valence-electron chi connectivity index (χ2n) is 3.48. The molecular weight excluding hydrogens is 210 g/mol. The smallest absolute Gasteiger partial charge is 0.305 e. The number of aryl methyl sites for hydroxylation is 1. The molecule has 1 N–H and O–H groups in total. The molecule has 0 aliphatic rings. The molecule has 1 amide bonds. The molecule has 0 radical (unpaired) electrons. The summed E-state index contributed by atoms with van der Waals surface area (Å²) >= 11 is 0. The molecule has 0 aliphatic heterocycles. The second-order valence-corrected chi connectivity index (χ2v) is 3.48. The van der Waals surface area contributed by atoms with Crippen LogP contribution in [0.2, 0.25) is 0 Å². The van der Waals surface area contributed by atoms with E-state index in [1.807, 2.05) is 0 Å². The van der Waals surface area contributed by atoms with Gasteiger partial charge in [0.25, 0.3) is 0 Å². The highest BCUT2D eigenvalue weighted by Gasteiger charge is 2.09. The number of carboxylic acids is 1. The third kappa shape index (κ3) is 4.12. The van der Waals surface area contributed by atoms with Gasteiger partial charge >= 0.3 is 5.97 Å². The summed E-state index contributed by atoms with van der Waals surface area (Å²) in [5.41, 5.74) is 0. The number of rotatable bonds is 6. The minimum absolute atomic E-state index is 0.0238. The van der Waals surface area contributed by atoms with Crippen molar-refractivity contribution in [2.24, 2.45) is 0 Å². The summed E-state index contributed by atoms with van der Waals surface area (Å²) in [6.45, 7) is 0.760. The van der Waals surface area contributed by atoms with Crippen molar-refractivity contribution < 1.29 is 14.7 Å². The fourth-order valence-electron chi connectivity index (χ4n) is 1.22. The fourth-order valence-corrected chi connectivity index (χ4v) is 1.22. The van der Waals surface area contributed by atoms with E-state index in [-0.39, 0.29) is 18.9 Å². The Morgan fingerprint density at radius 3 is 2.75 bits per heavy atom. The van der Waals surface area contributed by atoms with E-state index < -0.39 is 5.97 Å². The van der Waals surface area contributed by atoms with E-state index in [2.05, 4.69) is 5.10 Å². The number of carbonyl (C=O) groups excluding carboxylic acids is 1. The van der Waals surface area contributed by atoms with Crippen LogP contribution in [0.1, 0.15) is 12.8 Å². The van der Waals surface area contributed by atoms with Gasteiger partial charge in [0.15, 0.2) is 0 Å². The predicted octanol–water partition coefficient (Wildman–Crippen LogP) is 0.206. The normalized spacial score (nSPS) is 10.1. The van der Waals surface area contributed by atoms with Gasteiger partial charge < -0.3 is 10.0 Å². The van der Waals surface area contributed by atoms with E-state index >= 15 is 0 Å². The van der Waals surface area contributed by atoms with E-state index in [1.54, 1.807) is 30.2 Å². The van der Waals surface area contributed by atoms with Gasteiger partial charge in [-0.05, 0) is 6.07 Å². The summed E-state index contributed by atoms with van der Waals surface area (Å²) in [5, 5.41) is 12.4. The number of amides is 1. The lowest BCUT2D eigenvalue weighted by atomic mass is 10.3. The number of aromatic nitrogens is 2. The standard InChI is InChI=1S/C10H15N3O3/c1-12(7-4-10(15)16)9(14)3-8-13-6-2-5-11-13/h2,5-6H,3-4,7-8H2,1H3,(H,15,16). The molecule has 0 aromatic carbocycles. The molecule has 1 aromatic heterocycles. The van der Waals surface area contributed by atoms with Crippen molar-refractivity contribution in [1.82, 2.24) is 14.7 Å². The first-order chi connectivity index (χ1) is 7.59. The van der Waals surface area contributed by atoms with Gasteiger partial charge in [-0.1, -0.05) is 0 Å². The lowest BCUT2D eigenvalue weighted by Crippen LogP contribution is -2.29. The Balaban J connectivity index is 2.26. The third-order valence-electron chi connectivity index (χ3n) is 2.20. The first kappa shape index (κ1) is 12.2. The van der Waals surface area contributed by atoms with Crippen LogP contribution in [0.4, 0.5) is 0 Å². The summed E-state index contributed by atoms with van der Waals surface area (Å²) in [4.78, 5) is 23.3. The van der Waals surface area contributed by atoms with E-state index in [1.165, 1.54) is 4.90 Å². The van der Waals surface area contributed by atoms with Gasteiger partial charge in [0.1, 0.15) is 0 Å². The first-order valence-corrected chi connectivity index (χ1v) is 5.03. The van der Waals surface area contributed by atoms with E-state index in [9.17, 15) is 9.59 Å². The second kappa shape index (κ2) is 5.89. The Bertz CT molecular complexity index is 348. The lowest BCUT2D eigenvalue weighted by Gasteiger charge is -2.15. The van der Waals surface area contributed by atoms with Gasteiger partial charge in [-0.25, -0.2) is 0 Å². The van der Waals surface area contributed by atoms with Crippen molar-refractivity contribution in [3.63, 3.8) is 0 Å². The minimum Gasteiger partial charge on any atom is -0.481 e. The summed E-state index contributed by atoms with van der Waals surface area (Å²) in [6.07, 6.45) is 3.74. The number of aliphatic carboxylic acids is 1. The van der Waals surface area contributed by atoms with Gasteiger partial charge in [0.05, 0.1) is 6.42 Å². The molecule has 0 spiro atoms. The molecule has 0 fully saturated rings. The molecule has 0 bridgehead atoms. The number of carbonyl (C=O) groups is 2. The van der Waals surface area contributed by atoms with Crippen LogP contribution in [-0.2, 0) is 16.1 Å². The first-order valence-electron chi connectivity index (χ1n) is 5.03. The molecule has 0 saturated heterocycles. The van der Waals surface area contributed by atoms with Crippen molar-refractivity contribution in [2.45, 2.75) is 19.4 Å².